The van der Waals surface area contributed by atoms with E-state index in [1.54, 1.807) is 19.9 Å². The number of nitrogens with zero attached hydrogens (tertiary/aromatic N) is 2. The molecule has 11 heteroatoms. The number of aromatic carboxylic acids is 1. The molecule has 0 atom stereocenters. The molecule has 31 heavy (non-hydrogen) atoms. The van der Waals surface area contributed by atoms with Gasteiger partial charge in [-0.25, -0.2) is 13.2 Å². The number of carboxylic acids is 1. The van der Waals surface area contributed by atoms with Gasteiger partial charge < -0.3 is 15.5 Å². The maximum absolute atomic E-state index is 12.6. The van der Waals surface area contributed by atoms with Crippen molar-refractivity contribution >= 4 is 33.3 Å². The number of nitrogens with one attached hydrogen (secondary N) is 2. The summed E-state index contributed by atoms with van der Waals surface area (Å²) >= 11 is 0. The first-order chi connectivity index (χ1) is 14.6. The number of amides is 1. The summed E-state index contributed by atoms with van der Waals surface area (Å²) in [5, 5.41) is 38.7. The molecule has 0 aromatic heterocycles. The van der Waals surface area contributed by atoms with Crippen LogP contribution in [0.15, 0.2) is 41.3 Å². The molecule has 0 heterocycles. The fourth-order valence-corrected chi connectivity index (χ4v) is 4.28. The Morgan fingerprint density at radius 3 is 2.29 bits per heavy atom. The van der Waals surface area contributed by atoms with Gasteiger partial charge in [-0.3, -0.25) is 10.2 Å². The molecule has 0 spiro atoms. The second-order valence-electron chi connectivity index (χ2n) is 6.27. The van der Waals surface area contributed by atoms with Crippen LogP contribution in [0.1, 0.15) is 35.3 Å². The molecule has 162 valence electrons. The summed E-state index contributed by atoms with van der Waals surface area (Å²) in [7, 11) is -3.85. The van der Waals surface area contributed by atoms with Crippen LogP contribution in [0.4, 0.5) is 5.69 Å². The molecular weight excluding hydrogens is 424 g/mol. The van der Waals surface area contributed by atoms with Crippen molar-refractivity contribution < 1.29 is 28.2 Å². The first-order valence-corrected chi connectivity index (χ1v) is 10.5. The summed E-state index contributed by atoms with van der Waals surface area (Å²) in [6.45, 7) is 3.81. The third kappa shape index (κ3) is 4.88. The standard InChI is InChI=1S/C20H20N4O6S/c1-3-24(4-2)31(29,30)13-6-7-14(17(25)10-13)18(22)19(26)23-16-8-5-12(11-21)9-15(16)20(27)28/h5-10,22,25H,3-4H2,1-2H3,(H,23,26)(H,27,28). The maximum Gasteiger partial charge on any atom is 0.337 e. The third-order valence-electron chi connectivity index (χ3n) is 4.44. The Labute approximate surface area is 178 Å². The van der Waals surface area contributed by atoms with E-state index in [-0.39, 0.29) is 40.4 Å². The summed E-state index contributed by atoms with van der Waals surface area (Å²) in [4.78, 5) is 23.6. The highest BCUT2D eigenvalue weighted by Crippen LogP contribution is 2.25. The fourth-order valence-electron chi connectivity index (χ4n) is 2.80. The lowest BCUT2D eigenvalue weighted by Crippen LogP contribution is -2.30. The smallest absolute Gasteiger partial charge is 0.337 e. The number of anilines is 1. The molecule has 1 amide bonds. The molecule has 0 aliphatic rings. The lowest BCUT2D eigenvalue weighted by atomic mass is 10.1. The van der Waals surface area contributed by atoms with Gasteiger partial charge in [0.1, 0.15) is 11.5 Å². The number of aromatic hydroxyl groups is 1. The van der Waals surface area contributed by atoms with E-state index in [0.29, 0.717) is 0 Å². The van der Waals surface area contributed by atoms with E-state index < -0.39 is 33.4 Å². The van der Waals surface area contributed by atoms with Gasteiger partial charge in [-0.1, -0.05) is 13.8 Å². The molecule has 0 fully saturated rings. The highest BCUT2D eigenvalue weighted by atomic mass is 32.2. The summed E-state index contributed by atoms with van der Waals surface area (Å²) in [5.41, 5.74) is -1.34. The van der Waals surface area contributed by atoms with E-state index in [9.17, 15) is 28.2 Å². The molecule has 0 bridgehead atoms. The van der Waals surface area contributed by atoms with Gasteiger partial charge in [0.25, 0.3) is 5.91 Å². The minimum absolute atomic E-state index is 0.0770. The van der Waals surface area contributed by atoms with Crippen LogP contribution < -0.4 is 5.32 Å². The van der Waals surface area contributed by atoms with Crippen molar-refractivity contribution in [3.63, 3.8) is 0 Å². The Kier molecular flexibility index (Phi) is 7.12. The Bertz CT molecular complexity index is 1200. The minimum atomic E-state index is -3.85. The number of carbonyl (C=O) groups is 2. The molecule has 0 aliphatic carbocycles. The molecule has 0 saturated carbocycles. The van der Waals surface area contributed by atoms with Gasteiger partial charge in [0.2, 0.25) is 10.0 Å². The highest BCUT2D eigenvalue weighted by molar-refractivity contribution is 7.89. The second kappa shape index (κ2) is 9.38. The zero-order chi connectivity index (χ0) is 23.3. The lowest BCUT2D eigenvalue weighted by molar-refractivity contribution is -0.110. The van der Waals surface area contributed by atoms with Crippen LogP contribution in [-0.2, 0) is 14.8 Å². The zero-order valence-corrected chi connectivity index (χ0v) is 17.5. The molecule has 4 N–H and O–H groups in total. The fraction of sp³-hybridized carbons (Fsp3) is 0.200. The Hall–Kier alpha value is -3.75. The predicted molar refractivity (Wildman–Crippen MR) is 112 cm³/mol. The summed E-state index contributed by atoms with van der Waals surface area (Å²) in [6.07, 6.45) is 0. The largest absolute Gasteiger partial charge is 0.507 e. The van der Waals surface area contributed by atoms with Crippen LogP contribution in [0, 0.1) is 16.7 Å². The van der Waals surface area contributed by atoms with Crippen molar-refractivity contribution in [2.75, 3.05) is 18.4 Å². The molecule has 0 saturated heterocycles. The SMILES string of the molecule is CCN(CC)S(=O)(=O)c1ccc(C(=N)C(=O)Nc2ccc(C#N)cc2C(=O)O)c(O)c1. The number of phenolic OH excluding ortho intramolecular Hbond substituents is 1. The Morgan fingerprint density at radius 1 is 1.13 bits per heavy atom. The zero-order valence-electron chi connectivity index (χ0n) is 16.7. The van der Waals surface area contributed by atoms with E-state index in [0.717, 1.165) is 18.2 Å². The Morgan fingerprint density at radius 2 is 1.77 bits per heavy atom. The first-order valence-electron chi connectivity index (χ1n) is 9.07. The number of benzene rings is 2. The van der Waals surface area contributed by atoms with E-state index >= 15 is 0 Å². The summed E-state index contributed by atoms with van der Waals surface area (Å²) < 4.78 is 26.3. The molecule has 2 aromatic carbocycles. The van der Waals surface area contributed by atoms with Crippen LogP contribution in [0.25, 0.3) is 0 Å². The number of rotatable bonds is 8. The summed E-state index contributed by atoms with van der Waals surface area (Å²) in [6, 6.07) is 8.64. The van der Waals surface area contributed by atoms with Gasteiger partial charge in [0.05, 0.1) is 27.8 Å². The van der Waals surface area contributed by atoms with Gasteiger partial charge in [0, 0.05) is 24.7 Å². The maximum atomic E-state index is 12.6. The van der Waals surface area contributed by atoms with Crippen molar-refractivity contribution in [1.29, 1.82) is 10.7 Å². The minimum Gasteiger partial charge on any atom is -0.507 e. The second-order valence-corrected chi connectivity index (χ2v) is 8.21. The van der Waals surface area contributed by atoms with Crippen LogP contribution in [0.3, 0.4) is 0 Å². The van der Waals surface area contributed by atoms with Crippen molar-refractivity contribution in [3.8, 4) is 11.8 Å². The topological polar surface area (TPSA) is 172 Å². The predicted octanol–water partition coefficient (Wildman–Crippen LogP) is 2.00. The summed E-state index contributed by atoms with van der Waals surface area (Å²) in [5.74, 6) is -3.00. The molecule has 0 unspecified atom stereocenters. The quantitative estimate of drug-likeness (QED) is 0.451. The number of hydrogen-bond donors (Lipinski definition) is 4. The molecule has 2 aromatic rings. The van der Waals surface area contributed by atoms with Gasteiger partial charge in [0.15, 0.2) is 0 Å². The van der Waals surface area contributed by atoms with Crippen LogP contribution in [0.5, 0.6) is 5.75 Å². The first kappa shape index (κ1) is 23.5. The average molecular weight is 444 g/mol. The Balaban J connectivity index is 2.33. The van der Waals surface area contributed by atoms with E-state index in [4.69, 9.17) is 10.7 Å². The van der Waals surface area contributed by atoms with Crippen LogP contribution in [-0.4, -0.2) is 53.6 Å². The van der Waals surface area contributed by atoms with Gasteiger partial charge in [-0.05, 0) is 30.3 Å². The normalized spacial score (nSPS) is 11.0. The van der Waals surface area contributed by atoms with E-state index in [2.05, 4.69) is 5.32 Å². The molecule has 0 radical (unpaired) electrons. The number of carboxylic acid groups (broad SMARTS) is 1. The number of nitriles is 1. The van der Waals surface area contributed by atoms with Crippen molar-refractivity contribution in [3.05, 3.63) is 53.1 Å². The van der Waals surface area contributed by atoms with Crippen molar-refractivity contribution in [2.45, 2.75) is 18.7 Å². The van der Waals surface area contributed by atoms with E-state index in [1.807, 2.05) is 0 Å². The number of sulfonamides is 1. The van der Waals surface area contributed by atoms with Crippen LogP contribution in [0.2, 0.25) is 0 Å². The van der Waals surface area contributed by atoms with Crippen molar-refractivity contribution in [2.24, 2.45) is 0 Å². The monoisotopic (exact) mass is 444 g/mol. The highest BCUT2D eigenvalue weighted by Gasteiger charge is 2.25. The van der Waals surface area contributed by atoms with Gasteiger partial charge in [-0.15, -0.1) is 0 Å². The van der Waals surface area contributed by atoms with Crippen LogP contribution >= 0.6 is 0 Å². The number of phenols is 1. The van der Waals surface area contributed by atoms with Gasteiger partial charge in [-0.2, -0.15) is 9.57 Å². The van der Waals surface area contributed by atoms with Crippen molar-refractivity contribution in [1.82, 2.24) is 4.31 Å². The number of hydrogen-bond acceptors (Lipinski definition) is 7. The van der Waals surface area contributed by atoms with Gasteiger partial charge >= 0.3 is 5.97 Å². The molecule has 2 rings (SSSR count). The average Bonchev–Trinajstić information content (AvgIpc) is 2.73. The molecular formula is C20H20N4O6S. The molecule has 10 nitrogen and oxygen atoms in total. The number of carbonyl (C=O) groups excluding carboxylic acids is 1. The lowest BCUT2D eigenvalue weighted by Gasteiger charge is -2.19. The molecule has 0 aliphatic heterocycles. The van der Waals surface area contributed by atoms with E-state index in [1.165, 1.54) is 22.5 Å². The third-order valence-corrected chi connectivity index (χ3v) is 6.48.